The number of halogens is 1. The molecule has 136 valence electrons. The molecule has 0 unspecified atom stereocenters. The summed E-state index contributed by atoms with van der Waals surface area (Å²) in [7, 11) is -3.30. The van der Waals surface area contributed by atoms with Gasteiger partial charge in [0.25, 0.3) is 5.91 Å². The van der Waals surface area contributed by atoms with Crippen molar-refractivity contribution in [2.24, 2.45) is 0 Å². The first kappa shape index (κ1) is 18.6. The second kappa shape index (κ2) is 7.22. The van der Waals surface area contributed by atoms with Crippen LogP contribution in [0.5, 0.6) is 5.75 Å². The number of carbonyl (C=O) groups excluding carboxylic acids is 1. The lowest BCUT2D eigenvalue weighted by Crippen LogP contribution is -2.30. The summed E-state index contributed by atoms with van der Waals surface area (Å²) in [5, 5.41) is 3.57. The zero-order valence-electron chi connectivity index (χ0n) is 13.9. The highest BCUT2D eigenvalue weighted by Crippen LogP contribution is 2.28. The molecule has 0 spiro atoms. The first-order valence-electron chi connectivity index (χ1n) is 7.56. The number of sulfone groups is 1. The van der Waals surface area contributed by atoms with Gasteiger partial charge in [-0.25, -0.2) is 13.4 Å². The van der Waals surface area contributed by atoms with E-state index < -0.39 is 15.9 Å². The molecule has 1 heterocycles. The maximum Gasteiger partial charge on any atom is 0.266 e. The average molecular weight is 411 g/mol. The van der Waals surface area contributed by atoms with Crippen molar-refractivity contribution in [3.63, 3.8) is 0 Å². The van der Waals surface area contributed by atoms with Gasteiger partial charge in [0.15, 0.2) is 21.1 Å². The van der Waals surface area contributed by atoms with Crippen LogP contribution in [-0.2, 0) is 14.6 Å². The van der Waals surface area contributed by atoms with E-state index in [9.17, 15) is 13.2 Å². The minimum Gasteiger partial charge on any atom is -0.481 e. The van der Waals surface area contributed by atoms with Crippen molar-refractivity contribution >= 4 is 54.0 Å². The van der Waals surface area contributed by atoms with Crippen molar-refractivity contribution in [3.05, 3.63) is 47.5 Å². The van der Waals surface area contributed by atoms with Crippen molar-refractivity contribution in [2.45, 2.75) is 17.9 Å². The number of nitrogens with zero attached hydrogens (tertiary/aromatic N) is 1. The summed E-state index contributed by atoms with van der Waals surface area (Å²) in [6.07, 6.45) is 0.388. The van der Waals surface area contributed by atoms with E-state index in [2.05, 4.69) is 10.3 Å². The molecule has 6 nitrogen and oxygen atoms in total. The lowest BCUT2D eigenvalue weighted by atomic mass is 10.3. The fourth-order valence-corrected chi connectivity index (χ4v) is 4.00. The number of thiazole rings is 1. The first-order chi connectivity index (χ1) is 12.2. The number of aromatic nitrogens is 1. The van der Waals surface area contributed by atoms with Crippen molar-refractivity contribution in [3.8, 4) is 5.75 Å². The Kier molecular flexibility index (Phi) is 5.17. The van der Waals surface area contributed by atoms with Crippen LogP contribution in [0.25, 0.3) is 10.2 Å². The van der Waals surface area contributed by atoms with E-state index in [0.717, 1.165) is 6.26 Å². The zero-order valence-corrected chi connectivity index (χ0v) is 16.3. The van der Waals surface area contributed by atoms with Gasteiger partial charge in [-0.2, -0.15) is 0 Å². The van der Waals surface area contributed by atoms with Crippen LogP contribution < -0.4 is 10.1 Å². The first-order valence-corrected chi connectivity index (χ1v) is 10.6. The van der Waals surface area contributed by atoms with Crippen LogP contribution in [0.4, 0.5) is 5.13 Å². The summed E-state index contributed by atoms with van der Waals surface area (Å²) in [4.78, 5) is 16.8. The van der Waals surface area contributed by atoms with Crippen LogP contribution in [0, 0.1) is 0 Å². The molecule has 1 amide bonds. The van der Waals surface area contributed by atoms with E-state index in [1.807, 2.05) is 0 Å². The minimum atomic E-state index is -3.30. The van der Waals surface area contributed by atoms with Gasteiger partial charge >= 0.3 is 0 Å². The van der Waals surface area contributed by atoms with Crippen LogP contribution >= 0.6 is 22.9 Å². The summed E-state index contributed by atoms with van der Waals surface area (Å²) < 4.78 is 29.5. The third kappa shape index (κ3) is 4.32. The van der Waals surface area contributed by atoms with Gasteiger partial charge in [-0.1, -0.05) is 29.0 Å². The van der Waals surface area contributed by atoms with Gasteiger partial charge in [-0.05, 0) is 43.3 Å². The average Bonchev–Trinajstić information content (AvgIpc) is 2.95. The van der Waals surface area contributed by atoms with Crippen molar-refractivity contribution < 1.29 is 17.9 Å². The molecule has 3 rings (SSSR count). The number of ether oxygens (including phenoxy) is 1. The Morgan fingerprint density at radius 1 is 1.27 bits per heavy atom. The molecule has 0 bridgehead atoms. The maximum absolute atomic E-state index is 12.3. The van der Waals surface area contributed by atoms with Gasteiger partial charge in [0.2, 0.25) is 0 Å². The second-order valence-electron chi connectivity index (χ2n) is 5.63. The Hall–Kier alpha value is -2.16. The fraction of sp³-hybridized carbons (Fsp3) is 0.176. The molecule has 0 radical (unpaired) electrons. The molecule has 0 saturated heterocycles. The number of hydrogen-bond acceptors (Lipinski definition) is 6. The number of hydrogen-bond donors (Lipinski definition) is 1. The molecular formula is C17H15ClN2O4S2. The highest BCUT2D eigenvalue weighted by molar-refractivity contribution is 7.90. The van der Waals surface area contributed by atoms with Crippen LogP contribution in [0.15, 0.2) is 47.4 Å². The number of anilines is 1. The molecular weight excluding hydrogens is 396 g/mol. The van der Waals surface area contributed by atoms with E-state index in [1.165, 1.54) is 17.4 Å². The number of amides is 1. The molecule has 0 saturated carbocycles. The quantitative estimate of drug-likeness (QED) is 0.692. The predicted octanol–water partition coefficient (Wildman–Crippen LogP) is 3.76. The molecule has 2 aromatic carbocycles. The predicted molar refractivity (Wildman–Crippen MR) is 103 cm³/mol. The van der Waals surface area contributed by atoms with Crippen LogP contribution in [0.2, 0.25) is 5.02 Å². The van der Waals surface area contributed by atoms with Crippen LogP contribution in [-0.4, -0.2) is 31.7 Å². The highest BCUT2D eigenvalue weighted by atomic mass is 35.5. The third-order valence-electron chi connectivity index (χ3n) is 3.50. The van der Waals surface area contributed by atoms with Gasteiger partial charge in [-0.3, -0.25) is 10.1 Å². The second-order valence-corrected chi connectivity index (χ2v) is 9.11. The fourth-order valence-electron chi connectivity index (χ4n) is 2.19. The van der Waals surface area contributed by atoms with E-state index in [-0.39, 0.29) is 10.8 Å². The summed E-state index contributed by atoms with van der Waals surface area (Å²) in [6.45, 7) is 1.62. The number of benzene rings is 2. The molecule has 1 aromatic heterocycles. The highest BCUT2D eigenvalue weighted by Gasteiger charge is 2.17. The van der Waals surface area contributed by atoms with Crippen molar-refractivity contribution in [2.75, 3.05) is 11.6 Å². The van der Waals surface area contributed by atoms with E-state index in [1.54, 1.807) is 43.3 Å². The molecule has 0 aliphatic heterocycles. The lowest BCUT2D eigenvalue weighted by molar-refractivity contribution is -0.122. The number of rotatable bonds is 5. The Morgan fingerprint density at radius 2 is 2.04 bits per heavy atom. The Morgan fingerprint density at radius 3 is 2.73 bits per heavy atom. The molecule has 0 aliphatic rings. The van der Waals surface area contributed by atoms with E-state index in [4.69, 9.17) is 16.3 Å². The molecule has 9 heteroatoms. The minimum absolute atomic E-state index is 0.212. The van der Waals surface area contributed by atoms with E-state index >= 15 is 0 Å². The molecule has 26 heavy (non-hydrogen) atoms. The number of fused-ring (bicyclic) bond motifs is 1. The molecule has 1 atom stereocenters. The van der Waals surface area contributed by atoms with Gasteiger partial charge in [0.1, 0.15) is 5.75 Å². The Balaban J connectivity index is 1.74. The number of nitrogens with one attached hydrogen (secondary N) is 1. The largest absolute Gasteiger partial charge is 0.481 e. The third-order valence-corrected chi connectivity index (χ3v) is 5.78. The molecule has 3 aromatic rings. The van der Waals surface area contributed by atoms with Crippen LogP contribution in [0.3, 0.4) is 0 Å². The Bertz CT molecular complexity index is 1080. The number of carbonyl (C=O) groups is 1. The SMILES string of the molecule is C[C@@H](Oc1cccc(Cl)c1)C(=O)Nc1nc2ccc(S(C)(=O)=O)cc2s1. The zero-order chi connectivity index (χ0) is 18.9. The molecule has 0 fully saturated rings. The van der Waals surface area contributed by atoms with Gasteiger partial charge in [-0.15, -0.1) is 0 Å². The molecule has 1 N–H and O–H groups in total. The topological polar surface area (TPSA) is 85.4 Å². The van der Waals surface area contributed by atoms with Crippen molar-refractivity contribution in [1.29, 1.82) is 0 Å². The summed E-state index contributed by atoms with van der Waals surface area (Å²) in [5.41, 5.74) is 0.612. The van der Waals surface area contributed by atoms with Crippen molar-refractivity contribution in [1.82, 2.24) is 4.98 Å². The smallest absolute Gasteiger partial charge is 0.266 e. The van der Waals surface area contributed by atoms with E-state index in [0.29, 0.717) is 26.1 Å². The summed E-state index contributed by atoms with van der Waals surface area (Å²) >= 11 is 7.09. The monoisotopic (exact) mass is 410 g/mol. The Labute approximate surface area is 159 Å². The van der Waals surface area contributed by atoms with Gasteiger partial charge in [0.05, 0.1) is 15.1 Å². The van der Waals surface area contributed by atoms with Crippen LogP contribution in [0.1, 0.15) is 6.92 Å². The summed E-state index contributed by atoms with van der Waals surface area (Å²) in [6, 6.07) is 11.4. The maximum atomic E-state index is 12.3. The summed E-state index contributed by atoms with van der Waals surface area (Å²) in [5.74, 6) is 0.120. The normalized spacial score (nSPS) is 12.7. The van der Waals surface area contributed by atoms with Gasteiger partial charge < -0.3 is 4.74 Å². The molecule has 0 aliphatic carbocycles. The standard InChI is InChI=1S/C17H15ClN2O4S2/c1-10(24-12-5-3-4-11(18)8-12)16(21)20-17-19-14-7-6-13(26(2,22)23)9-15(14)25-17/h3-10H,1-2H3,(H,19,20,21)/t10-/m1/s1. The van der Waals surface area contributed by atoms with Gasteiger partial charge in [0, 0.05) is 11.3 Å². The lowest BCUT2D eigenvalue weighted by Gasteiger charge is -2.13.